The van der Waals surface area contributed by atoms with Crippen molar-refractivity contribution in [1.29, 1.82) is 0 Å². The highest BCUT2D eigenvalue weighted by Gasteiger charge is 2.41. The van der Waals surface area contributed by atoms with Gasteiger partial charge in [-0.3, -0.25) is 57.1 Å². The number of rotatable bonds is 25. The van der Waals surface area contributed by atoms with Crippen molar-refractivity contribution in [3.05, 3.63) is 187 Å². The van der Waals surface area contributed by atoms with Gasteiger partial charge in [-0.1, -0.05) is 6.07 Å². The van der Waals surface area contributed by atoms with Crippen molar-refractivity contribution in [2.75, 3.05) is 68.2 Å². The minimum atomic E-state index is -1.35. The number of Topliss-reactive ketones (excluding diaryl/α,β-unsaturated/α-hetero) is 3. The van der Waals surface area contributed by atoms with E-state index >= 15 is 0 Å². The van der Waals surface area contributed by atoms with E-state index in [4.69, 9.17) is 9.47 Å². The summed E-state index contributed by atoms with van der Waals surface area (Å²) in [7, 11) is 37.9. The number of hydrogen-bond acceptors (Lipinski definition) is 33. The number of anilines is 1. The first kappa shape index (κ1) is 127. The summed E-state index contributed by atoms with van der Waals surface area (Å²) in [5, 5.41) is 32.5. The summed E-state index contributed by atoms with van der Waals surface area (Å²) in [5.41, 5.74) is 13.7. The Morgan fingerprint density at radius 1 is 0.440 bits per heavy atom. The summed E-state index contributed by atoms with van der Waals surface area (Å²) in [6, 6.07) is 19.7. The second-order valence-corrected chi connectivity index (χ2v) is 64.0. The zero-order valence-corrected chi connectivity index (χ0v) is 106. The number of aliphatic carboxylic acids is 1. The lowest BCUT2D eigenvalue weighted by atomic mass is 9.98. The molecule has 2 N–H and O–H groups in total. The van der Waals surface area contributed by atoms with E-state index in [1.54, 1.807) is 134 Å². The Kier molecular flexibility index (Phi) is 52.8. The maximum Gasteiger partial charge on any atom is 0.328 e. The molecule has 0 spiro atoms. The van der Waals surface area contributed by atoms with Crippen LogP contribution in [-0.2, 0) is 286 Å². The van der Waals surface area contributed by atoms with E-state index in [0.717, 1.165) is 93.7 Å². The third-order valence-corrected chi connectivity index (χ3v) is 48.2. The van der Waals surface area contributed by atoms with E-state index in [-0.39, 0.29) is 79.7 Å². The number of amides is 2. The van der Waals surface area contributed by atoms with Crippen molar-refractivity contribution in [3.8, 4) is 44.5 Å². The highest BCUT2D eigenvalue weighted by molar-refractivity contribution is 14.1. The number of halogens is 3. The third kappa shape index (κ3) is 40.1. The summed E-state index contributed by atoms with van der Waals surface area (Å²) in [6.45, 7) is 24.5. The topological polar surface area (TPSA) is 391 Å². The molecule has 10 heterocycles. The van der Waals surface area contributed by atoms with Gasteiger partial charge in [0.1, 0.15) is 104 Å². The van der Waals surface area contributed by atoms with Crippen molar-refractivity contribution >= 4 is 335 Å². The molecule has 0 saturated carbocycles. The molecule has 2 atom stereocenters. The number of ketones is 3. The molecule has 150 heavy (non-hydrogen) atoms. The number of hydrogen-bond donors (Lipinski definition) is 2. The molecule has 1 saturated heterocycles. The van der Waals surface area contributed by atoms with E-state index in [1.807, 2.05) is 177 Å². The SMILES string of the molecule is CC(=O)c1nn(CC(=O)N2C[C@H](F)C[C@H]2C(=O)Nc2cccc(Br)n2)c2cc(CN(C)C)c(-c3cnc(C)nc3)cc12.CC(=O)c1nn(CC(=O)O)c2cc(CN(C)C)c(-c3cnc(C)nc3)cc12.CC(=O)c1nn(CC(=O)OC(C)(C)C)c2cc(CN(C)C)c(-c3cnc(C)nc3)cc12.Cc1ncc(-c2cc3c(I)nn(CC(=O)OC(C)(C)C)c3cc2CN(C)C)cn1.S=S=S=S=S=S.S=S=S=S=S=S=S.S=S=S=S=S=S=S=S. The summed E-state index contributed by atoms with van der Waals surface area (Å²) >= 11 is 32.8. The molecule has 0 aliphatic carbocycles. The average molecular weight is 2610 g/mol. The highest BCUT2D eigenvalue weighted by Crippen LogP contribution is 2.38. The highest BCUT2D eigenvalue weighted by atomic mass is 127. The minimum absolute atomic E-state index is 0.0740. The van der Waals surface area contributed by atoms with E-state index in [2.05, 4.69) is 198 Å². The number of ether oxygens (including phenoxy) is 2. The van der Waals surface area contributed by atoms with Crippen LogP contribution in [0.5, 0.6) is 0 Å². The Morgan fingerprint density at radius 3 is 1.02 bits per heavy atom. The number of alkyl halides is 1. The zero-order chi connectivity index (χ0) is 111. The van der Waals surface area contributed by atoms with Gasteiger partial charge in [0, 0.05) is 347 Å². The number of fused-ring (bicyclic) bond motifs is 4. The molecule has 1 aliphatic heterocycles. The molecule has 2 amide bonds. The molecule has 9 aromatic heterocycles. The van der Waals surface area contributed by atoms with Gasteiger partial charge in [-0.25, -0.2) is 49.2 Å². The molecular formula is C92H106BrFIN23O11S21. The lowest BCUT2D eigenvalue weighted by molar-refractivity contribution is -0.156. The lowest BCUT2D eigenvalue weighted by Crippen LogP contribution is -2.44. The maximum atomic E-state index is 14.6. The number of carbonyl (C=O) groups is 8. The number of pyridine rings is 1. The van der Waals surface area contributed by atoms with E-state index < -0.39 is 47.2 Å². The van der Waals surface area contributed by atoms with Crippen molar-refractivity contribution in [2.24, 2.45) is 0 Å². The monoisotopic (exact) mass is 2610 g/mol. The number of carboxylic acid groups (broad SMARTS) is 1. The Bertz CT molecular complexity index is 7860. The standard InChI is InChI=1S/C29H30BrFN8O3.C23H29N5O3.C21H26IN5O2.C19H21N5O3.S8.S7.S6/c1-16(40)28-22-10-21(19-11-32-17(2)33-12-19)18(13-37(3)4)8-23(22)39(36-28)15-27(41)38-14-20(31)9-24(38)29(42)35-26-7-5-6-25(30)34-26;1-14(29)22-19-9-18(17-10-24-15(2)25-11-17)16(12-27(6)7)8-20(19)28(26-22)13-21(30)31-23(3,4)5;1-13-23-9-15(10-24-13)16-8-17-18(7-14(16)11-26(5)6)27(25-20(17)22)12-19(28)29-21(2,3)4;1-11(25)19-16-6-15(14-7-20-12(2)21-8-14)13(9-23(3)4)5-17(16)24(22-19)10-18(26)27;1-3-5-7-8-6-4-2;1-3-5-7-6-4-2;1-3-5-6-4-2/h5-8,10-12,20,24H,9,13-15H2,1-4H3,(H,34,35,42);8-11H,12-13H2,1-7H3;7-10H,11-12H2,1-6H3;5-8H,9-10H2,1-4H3,(H,26,27);;;/t20-,24+;;;;;;/m1....../s1. The number of aryl methyl sites for hydroxylation is 4. The normalized spacial score (nSPS) is 12.4. The van der Waals surface area contributed by atoms with Crippen LogP contribution in [0, 0.1) is 31.4 Å². The van der Waals surface area contributed by atoms with Crippen molar-refractivity contribution in [1.82, 2.24) is 108 Å². The van der Waals surface area contributed by atoms with Gasteiger partial charge < -0.3 is 44.4 Å². The van der Waals surface area contributed by atoms with Gasteiger partial charge in [0.25, 0.3) is 0 Å². The quantitative estimate of drug-likeness (QED) is 0.0232. The Hall–Kier alpha value is -7.81. The second kappa shape index (κ2) is 62.2. The van der Waals surface area contributed by atoms with Crippen LogP contribution in [0.3, 0.4) is 0 Å². The third-order valence-electron chi connectivity index (χ3n) is 20.3. The van der Waals surface area contributed by atoms with E-state index in [1.165, 1.54) is 106 Å². The number of esters is 2. The van der Waals surface area contributed by atoms with Crippen LogP contribution in [0.2, 0.25) is 0 Å². The predicted molar refractivity (Wildman–Crippen MR) is 654 cm³/mol. The number of aromatic nitrogens is 17. The van der Waals surface area contributed by atoms with Crippen LogP contribution in [0.1, 0.15) is 146 Å². The Balaban J connectivity index is 0.000000230. The summed E-state index contributed by atoms with van der Waals surface area (Å²) in [4.78, 5) is 148. The molecule has 58 heteroatoms. The Labute approximate surface area is 962 Å². The number of carbonyl (C=O) groups excluding carboxylic acids is 7. The lowest BCUT2D eigenvalue weighted by Gasteiger charge is -2.23. The van der Waals surface area contributed by atoms with Crippen molar-refractivity contribution in [3.63, 3.8) is 0 Å². The molecule has 0 radical (unpaired) electrons. The zero-order valence-electron chi connectivity index (χ0n) is 84.8. The molecule has 14 rings (SSSR count). The molecule has 13 aromatic rings. The average Bonchev–Trinajstić information content (AvgIpc) is 1.63. The number of benzene rings is 4. The van der Waals surface area contributed by atoms with Crippen LogP contribution in [0.4, 0.5) is 10.2 Å². The molecule has 34 nitrogen and oxygen atoms in total. The Morgan fingerprint density at radius 2 is 0.727 bits per heavy atom. The fourth-order valence-corrected chi connectivity index (χ4v) is 40.5. The molecule has 1 fully saturated rings. The van der Waals surface area contributed by atoms with Gasteiger partial charge in [0.2, 0.25) is 11.8 Å². The van der Waals surface area contributed by atoms with Crippen LogP contribution in [-0.4, -0.2) is 247 Å². The molecule has 0 unspecified atom stereocenters. The molecule has 802 valence electrons. The predicted octanol–water partition coefficient (Wildman–Crippen LogP) is 13.1. The van der Waals surface area contributed by atoms with E-state index in [9.17, 15) is 47.9 Å². The largest absolute Gasteiger partial charge is 0.480 e. The molecule has 0 bridgehead atoms. The first-order valence-corrected chi connectivity index (χ1v) is 70.2. The second-order valence-electron chi connectivity index (χ2n) is 35.6. The van der Waals surface area contributed by atoms with Gasteiger partial charge in [-0.05, 0) is 269 Å². The summed E-state index contributed by atoms with van der Waals surface area (Å²) < 4.78 is 33.0. The number of carboxylic acids is 1. The molecule has 4 aromatic carbocycles. The smallest absolute Gasteiger partial charge is 0.328 e. The van der Waals surface area contributed by atoms with Crippen LogP contribution >= 0.6 is 38.5 Å². The van der Waals surface area contributed by atoms with Crippen LogP contribution < -0.4 is 5.32 Å². The van der Waals surface area contributed by atoms with Gasteiger partial charge in [-0.2, -0.15) is 20.4 Å². The number of nitrogens with one attached hydrogen (secondary N) is 1. The number of likely N-dealkylation sites (tertiary alicyclic amines) is 1. The minimum Gasteiger partial charge on any atom is -0.480 e. The first-order chi connectivity index (χ1) is 71.0. The van der Waals surface area contributed by atoms with Gasteiger partial charge in [-0.15, -0.1) is 0 Å². The van der Waals surface area contributed by atoms with Crippen LogP contribution in [0.25, 0.3) is 88.1 Å². The van der Waals surface area contributed by atoms with Gasteiger partial charge >= 0.3 is 17.9 Å². The summed E-state index contributed by atoms with van der Waals surface area (Å²) in [6.07, 6.45) is 12.7. The molecular weight excluding hydrogens is 2500 g/mol. The summed E-state index contributed by atoms with van der Waals surface area (Å²) in [5.74, 6) is -0.343. The first-order valence-electron chi connectivity index (χ1n) is 44.3. The van der Waals surface area contributed by atoms with Gasteiger partial charge in [0.15, 0.2) is 17.3 Å². The fraction of sp³-hybridized carbons (Fsp3) is 0.380. The van der Waals surface area contributed by atoms with Crippen LogP contribution in [0.15, 0.2) is 121 Å². The maximum absolute atomic E-state index is 14.6. The van der Waals surface area contributed by atoms with Gasteiger partial charge in [0.05, 0.1) is 28.6 Å². The molecule has 1 aliphatic rings. The number of nitrogens with zero attached hydrogens (tertiary/aromatic N) is 22. The van der Waals surface area contributed by atoms with E-state index in [0.29, 0.717) is 80.1 Å². The van der Waals surface area contributed by atoms with Crippen molar-refractivity contribution < 1.29 is 57.3 Å². The fourth-order valence-electron chi connectivity index (χ4n) is 14.8. The van der Waals surface area contributed by atoms with Crippen molar-refractivity contribution in [2.45, 2.75) is 172 Å².